The van der Waals surface area contributed by atoms with Crippen LogP contribution in [0.15, 0.2) is 35.2 Å². The van der Waals surface area contributed by atoms with Gasteiger partial charge in [0.15, 0.2) is 0 Å². The third-order valence-corrected chi connectivity index (χ3v) is 5.61. The van der Waals surface area contributed by atoms with E-state index in [1.807, 2.05) is 0 Å². The summed E-state index contributed by atoms with van der Waals surface area (Å²) in [5, 5.41) is 0.496. The molecule has 0 amide bonds. The summed E-state index contributed by atoms with van der Waals surface area (Å²) in [6.45, 7) is 1.78. The summed E-state index contributed by atoms with van der Waals surface area (Å²) in [7, 11) is -2.39. The molecular formula is C14H12ClN3O3S2. The minimum Gasteiger partial charge on any atom is -0.495 e. The van der Waals surface area contributed by atoms with E-state index in [0.717, 1.165) is 17.3 Å². The zero-order chi connectivity index (χ0) is 16.6. The molecule has 0 atom stereocenters. The van der Waals surface area contributed by atoms with Crippen LogP contribution >= 0.6 is 23.3 Å². The molecule has 0 aliphatic heterocycles. The van der Waals surface area contributed by atoms with Crippen molar-refractivity contribution in [2.75, 3.05) is 11.8 Å². The van der Waals surface area contributed by atoms with Gasteiger partial charge >= 0.3 is 0 Å². The number of rotatable bonds is 4. The number of methoxy groups -OCH3 is 1. The standard InChI is InChI=1S/C14H12ClN3O3S2/c1-8-6-11(12(21-2)7-9(8)15)18-23(19,20)13-5-3-4-10-14(13)17-22-16-10/h3-7,18H,1-2H3. The molecule has 0 fully saturated rings. The lowest BCUT2D eigenvalue weighted by Gasteiger charge is -2.13. The van der Waals surface area contributed by atoms with Crippen molar-refractivity contribution in [1.29, 1.82) is 0 Å². The lowest BCUT2D eigenvalue weighted by Crippen LogP contribution is -2.14. The van der Waals surface area contributed by atoms with Gasteiger partial charge in [0.25, 0.3) is 10.0 Å². The highest BCUT2D eigenvalue weighted by molar-refractivity contribution is 7.93. The maximum absolute atomic E-state index is 12.7. The fraction of sp³-hybridized carbons (Fsp3) is 0.143. The number of hydrogen-bond acceptors (Lipinski definition) is 6. The first kappa shape index (κ1) is 16.0. The summed E-state index contributed by atoms with van der Waals surface area (Å²) in [4.78, 5) is 0.0680. The van der Waals surface area contributed by atoms with Gasteiger partial charge < -0.3 is 4.74 Å². The van der Waals surface area contributed by atoms with E-state index in [0.29, 0.717) is 27.5 Å². The summed E-state index contributed by atoms with van der Waals surface area (Å²) < 4.78 is 41.3. The topological polar surface area (TPSA) is 81.2 Å². The van der Waals surface area contributed by atoms with Crippen molar-refractivity contribution in [1.82, 2.24) is 8.75 Å². The van der Waals surface area contributed by atoms with Crippen LogP contribution in [0.5, 0.6) is 5.75 Å². The zero-order valence-electron chi connectivity index (χ0n) is 12.2. The first-order valence-electron chi connectivity index (χ1n) is 6.50. The number of benzene rings is 2. The molecule has 3 rings (SSSR count). The number of fused-ring (bicyclic) bond motifs is 1. The fourth-order valence-corrected chi connectivity index (χ4v) is 4.09. The third kappa shape index (κ3) is 2.97. The highest BCUT2D eigenvalue weighted by atomic mass is 35.5. The second kappa shape index (κ2) is 5.95. The number of anilines is 1. The number of sulfonamides is 1. The Morgan fingerprint density at radius 2 is 2.04 bits per heavy atom. The first-order valence-corrected chi connectivity index (χ1v) is 9.10. The predicted octanol–water partition coefficient (Wildman–Crippen LogP) is 3.46. The zero-order valence-corrected chi connectivity index (χ0v) is 14.6. The van der Waals surface area contributed by atoms with Gasteiger partial charge in [-0.25, -0.2) is 8.42 Å². The maximum Gasteiger partial charge on any atom is 0.264 e. The molecule has 0 aliphatic carbocycles. The van der Waals surface area contributed by atoms with Crippen LogP contribution in [0.4, 0.5) is 5.69 Å². The summed E-state index contributed by atoms with van der Waals surface area (Å²) >= 11 is 7.01. The van der Waals surface area contributed by atoms with E-state index < -0.39 is 10.0 Å². The fourth-order valence-electron chi connectivity index (χ4n) is 2.11. The lowest BCUT2D eigenvalue weighted by molar-refractivity contribution is 0.417. The van der Waals surface area contributed by atoms with Crippen molar-refractivity contribution < 1.29 is 13.2 Å². The molecule has 2 aromatic carbocycles. The van der Waals surface area contributed by atoms with E-state index in [9.17, 15) is 8.42 Å². The summed E-state index contributed by atoms with van der Waals surface area (Å²) in [6, 6.07) is 8.02. The van der Waals surface area contributed by atoms with E-state index in [4.69, 9.17) is 16.3 Å². The third-order valence-electron chi connectivity index (χ3n) is 3.26. The van der Waals surface area contributed by atoms with Gasteiger partial charge in [0.2, 0.25) is 0 Å². The Bertz CT molecular complexity index is 986. The quantitative estimate of drug-likeness (QED) is 0.761. The van der Waals surface area contributed by atoms with Gasteiger partial charge in [-0.15, -0.1) is 0 Å². The van der Waals surface area contributed by atoms with Crippen molar-refractivity contribution in [3.05, 3.63) is 40.9 Å². The number of nitrogens with zero attached hydrogens (tertiary/aromatic N) is 2. The molecule has 9 heteroatoms. The molecule has 3 aromatic rings. The van der Waals surface area contributed by atoms with Crippen LogP contribution in [0.3, 0.4) is 0 Å². The van der Waals surface area contributed by atoms with Gasteiger partial charge in [0.05, 0.1) is 24.5 Å². The van der Waals surface area contributed by atoms with Crippen molar-refractivity contribution in [3.8, 4) is 5.75 Å². The van der Waals surface area contributed by atoms with E-state index in [2.05, 4.69) is 13.5 Å². The Morgan fingerprint density at radius 3 is 2.78 bits per heavy atom. The lowest BCUT2D eigenvalue weighted by atomic mass is 10.2. The Morgan fingerprint density at radius 1 is 1.26 bits per heavy atom. The van der Waals surface area contributed by atoms with Crippen LogP contribution in [0.25, 0.3) is 11.0 Å². The molecule has 0 bridgehead atoms. The molecule has 1 aromatic heterocycles. The first-order chi connectivity index (χ1) is 10.9. The number of ether oxygens (including phenoxy) is 1. The van der Waals surface area contributed by atoms with Crippen LogP contribution < -0.4 is 9.46 Å². The summed E-state index contributed by atoms with van der Waals surface area (Å²) in [5.41, 5.74) is 1.93. The van der Waals surface area contributed by atoms with E-state index >= 15 is 0 Å². The molecule has 0 spiro atoms. The summed E-state index contributed by atoms with van der Waals surface area (Å²) in [5.74, 6) is 0.341. The van der Waals surface area contributed by atoms with Gasteiger partial charge in [-0.3, -0.25) is 4.72 Å². The van der Waals surface area contributed by atoms with Gasteiger partial charge in [-0.2, -0.15) is 8.75 Å². The normalized spacial score (nSPS) is 11.6. The Hall–Kier alpha value is -1.90. The molecule has 0 saturated carbocycles. The molecule has 23 heavy (non-hydrogen) atoms. The minimum absolute atomic E-state index is 0.0680. The predicted molar refractivity (Wildman–Crippen MR) is 91.0 cm³/mol. The molecule has 1 N–H and O–H groups in total. The highest BCUT2D eigenvalue weighted by Gasteiger charge is 2.21. The largest absolute Gasteiger partial charge is 0.495 e. The Balaban J connectivity index is 2.09. The Kier molecular flexibility index (Phi) is 4.13. The number of nitrogens with one attached hydrogen (secondary N) is 1. The van der Waals surface area contributed by atoms with Gasteiger partial charge in [0.1, 0.15) is 21.7 Å². The van der Waals surface area contributed by atoms with Gasteiger partial charge in [-0.1, -0.05) is 17.7 Å². The second-order valence-corrected chi connectivity index (χ2v) is 7.38. The average molecular weight is 370 g/mol. The SMILES string of the molecule is COc1cc(Cl)c(C)cc1NS(=O)(=O)c1cccc2nsnc12. The van der Waals surface area contributed by atoms with Crippen molar-refractivity contribution >= 4 is 50.1 Å². The van der Waals surface area contributed by atoms with E-state index in [1.54, 1.807) is 31.2 Å². The van der Waals surface area contributed by atoms with Gasteiger partial charge in [-0.05, 0) is 30.7 Å². The van der Waals surface area contributed by atoms with Crippen molar-refractivity contribution in [2.45, 2.75) is 11.8 Å². The molecule has 0 radical (unpaired) electrons. The molecule has 6 nitrogen and oxygen atoms in total. The molecule has 0 aliphatic rings. The van der Waals surface area contributed by atoms with Crippen molar-refractivity contribution in [3.63, 3.8) is 0 Å². The number of halogens is 1. The minimum atomic E-state index is -3.84. The smallest absolute Gasteiger partial charge is 0.264 e. The van der Waals surface area contributed by atoms with E-state index in [1.165, 1.54) is 13.2 Å². The van der Waals surface area contributed by atoms with Crippen LogP contribution in [-0.2, 0) is 10.0 Å². The van der Waals surface area contributed by atoms with E-state index in [-0.39, 0.29) is 4.90 Å². The number of hydrogen-bond donors (Lipinski definition) is 1. The van der Waals surface area contributed by atoms with Crippen molar-refractivity contribution in [2.24, 2.45) is 0 Å². The summed E-state index contributed by atoms with van der Waals surface area (Å²) in [6.07, 6.45) is 0. The van der Waals surface area contributed by atoms with Crippen LogP contribution in [-0.4, -0.2) is 24.3 Å². The second-order valence-electron chi connectivity index (χ2n) is 4.80. The molecule has 120 valence electrons. The van der Waals surface area contributed by atoms with Crippen LogP contribution in [0.2, 0.25) is 5.02 Å². The molecule has 0 unspecified atom stereocenters. The highest BCUT2D eigenvalue weighted by Crippen LogP contribution is 2.33. The molecule has 1 heterocycles. The number of aromatic nitrogens is 2. The van der Waals surface area contributed by atoms with Gasteiger partial charge in [0, 0.05) is 11.1 Å². The molecule has 0 saturated heterocycles. The monoisotopic (exact) mass is 369 g/mol. The van der Waals surface area contributed by atoms with Crippen LogP contribution in [0.1, 0.15) is 5.56 Å². The van der Waals surface area contributed by atoms with Crippen LogP contribution in [0, 0.1) is 6.92 Å². The molecular weight excluding hydrogens is 358 g/mol. The Labute approximate surface area is 142 Å². The maximum atomic E-state index is 12.7. The number of aryl methyl sites for hydroxylation is 1. The average Bonchev–Trinajstić information content (AvgIpc) is 2.98.